The second-order valence-corrected chi connectivity index (χ2v) is 3.92. The van der Waals surface area contributed by atoms with Gasteiger partial charge >= 0.3 is 0 Å². The predicted octanol–water partition coefficient (Wildman–Crippen LogP) is 2.14. The molecule has 6 nitrogen and oxygen atoms in total. The van der Waals surface area contributed by atoms with E-state index in [4.69, 9.17) is 16.9 Å². The zero-order valence-corrected chi connectivity index (χ0v) is 10.2. The Morgan fingerprint density at radius 2 is 2.39 bits per heavy atom. The van der Waals surface area contributed by atoms with Gasteiger partial charge in [-0.25, -0.2) is 0 Å². The van der Waals surface area contributed by atoms with E-state index >= 15 is 0 Å². The van der Waals surface area contributed by atoms with E-state index in [0.717, 1.165) is 11.3 Å². The largest absolute Gasteiger partial charge is 0.360 e. The third-order valence-corrected chi connectivity index (χ3v) is 2.67. The van der Waals surface area contributed by atoms with Crippen molar-refractivity contribution in [3.63, 3.8) is 0 Å². The smallest absolute Gasteiger partial charge is 0.216 e. The molecule has 0 aliphatic heterocycles. The molecule has 0 unspecified atom stereocenters. The molecule has 2 aromatic rings. The van der Waals surface area contributed by atoms with Crippen LogP contribution in [-0.2, 0) is 0 Å². The van der Waals surface area contributed by atoms with Gasteiger partial charge in [-0.2, -0.15) is 10.5 Å². The number of rotatable bonds is 3. The normalized spacial score (nSPS) is 11.1. The molecule has 0 saturated heterocycles. The summed E-state index contributed by atoms with van der Waals surface area (Å²) in [6.45, 7) is 1.90. The van der Waals surface area contributed by atoms with Crippen molar-refractivity contribution in [1.82, 2.24) is 20.6 Å². The number of aryl methyl sites for hydroxylation is 1. The Labute approximate surface area is 108 Å². The number of nitriles is 1. The number of benzene rings is 1. The van der Waals surface area contributed by atoms with Crippen LogP contribution >= 0.6 is 11.6 Å². The van der Waals surface area contributed by atoms with Crippen molar-refractivity contribution in [2.45, 2.75) is 6.92 Å². The SMILES string of the molecule is Cc1cc(NC=C(C#N)c2nn[nH]n2)ccc1Cl. The zero-order valence-electron chi connectivity index (χ0n) is 9.48. The van der Waals surface area contributed by atoms with Gasteiger partial charge in [0.15, 0.2) is 0 Å². The van der Waals surface area contributed by atoms with Crippen molar-refractivity contribution in [3.05, 3.63) is 40.8 Å². The fourth-order valence-electron chi connectivity index (χ4n) is 1.31. The first-order valence-electron chi connectivity index (χ1n) is 5.07. The average Bonchev–Trinajstić information content (AvgIpc) is 2.88. The topological polar surface area (TPSA) is 90.3 Å². The second kappa shape index (κ2) is 5.29. The molecule has 1 aromatic heterocycles. The Morgan fingerprint density at radius 1 is 1.56 bits per heavy atom. The Kier molecular flexibility index (Phi) is 3.55. The van der Waals surface area contributed by atoms with Crippen molar-refractivity contribution in [2.75, 3.05) is 5.32 Å². The Morgan fingerprint density at radius 3 is 3.00 bits per heavy atom. The monoisotopic (exact) mass is 260 g/mol. The minimum Gasteiger partial charge on any atom is -0.360 e. The lowest BCUT2D eigenvalue weighted by atomic mass is 10.2. The maximum atomic E-state index is 8.97. The molecule has 2 N–H and O–H groups in total. The van der Waals surface area contributed by atoms with E-state index in [2.05, 4.69) is 25.9 Å². The van der Waals surface area contributed by atoms with Crippen LogP contribution in [0.15, 0.2) is 24.4 Å². The van der Waals surface area contributed by atoms with Crippen LogP contribution in [0.5, 0.6) is 0 Å². The van der Waals surface area contributed by atoms with E-state index in [1.807, 2.05) is 25.1 Å². The Balaban J connectivity index is 2.19. The summed E-state index contributed by atoms with van der Waals surface area (Å²) in [5.41, 5.74) is 2.07. The van der Waals surface area contributed by atoms with E-state index in [1.54, 1.807) is 6.07 Å². The first-order valence-corrected chi connectivity index (χ1v) is 5.45. The summed E-state index contributed by atoms with van der Waals surface area (Å²) in [5, 5.41) is 25.8. The van der Waals surface area contributed by atoms with Crippen LogP contribution in [0, 0.1) is 18.3 Å². The van der Waals surface area contributed by atoms with E-state index in [-0.39, 0.29) is 11.4 Å². The molecular weight excluding hydrogens is 252 g/mol. The summed E-state index contributed by atoms with van der Waals surface area (Å²) >= 11 is 5.92. The van der Waals surface area contributed by atoms with E-state index in [0.29, 0.717) is 5.02 Å². The van der Waals surface area contributed by atoms with E-state index < -0.39 is 0 Å². The first-order chi connectivity index (χ1) is 8.70. The maximum absolute atomic E-state index is 8.97. The maximum Gasteiger partial charge on any atom is 0.216 e. The summed E-state index contributed by atoms with van der Waals surface area (Å²) < 4.78 is 0. The summed E-state index contributed by atoms with van der Waals surface area (Å²) in [6.07, 6.45) is 1.52. The van der Waals surface area contributed by atoms with Crippen molar-refractivity contribution in [1.29, 1.82) is 5.26 Å². The molecule has 0 saturated carbocycles. The van der Waals surface area contributed by atoms with Gasteiger partial charge in [-0.05, 0) is 35.9 Å². The number of halogens is 1. The number of aromatic nitrogens is 4. The Hall–Kier alpha value is -2.39. The fraction of sp³-hybridized carbons (Fsp3) is 0.0909. The minimum absolute atomic E-state index is 0.246. The van der Waals surface area contributed by atoms with Gasteiger partial charge in [0.1, 0.15) is 11.6 Å². The highest BCUT2D eigenvalue weighted by atomic mass is 35.5. The van der Waals surface area contributed by atoms with Crippen molar-refractivity contribution in [3.8, 4) is 6.07 Å². The molecule has 7 heteroatoms. The summed E-state index contributed by atoms with van der Waals surface area (Å²) in [7, 11) is 0. The number of nitrogens with zero attached hydrogens (tertiary/aromatic N) is 4. The fourth-order valence-corrected chi connectivity index (χ4v) is 1.43. The molecule has 0 aliphatic carbocycles. The molecule has 0 radical (unpaired) electrons. The molecule has 1 aromatic carbocycles. The van der Waals surface area contributed by atoms with Gasteiger partial charge in [0, 0.05) is 16.9 Å². The predicted molar refractivity (Wildman–Crippen MR) is 67.6 cm³/mol. The van der Waals surface area contributed by atoms with E-state index in [9.17, 15) is 0 Å². The van der Waals surface area contributed by atoms with Gasteiger partial charge < -0.3 is 5.32 Å². The van der Waals surface area contributed by atoms with Crippen LogP contribution < -0.4 is 5.32 Å². The summed E-state index contributed by atoms with van der Waals surface area (Å²) in [6, 6.07) is 7.47. The van der Waals surface area contributed by atoms with Crippen LogP contribution in [0.1, 0.15) is 11.4 Å². The molecule has 0 bridgehead atoms. The molecule has 2 rings (SSSR count). The van der Waals surface area contributed by atoms with Gasteiger partial charge in [0.25, 0.3) is 0 Å². The van der Waals surface area contributed by atoms with Gasteiger partial charge in [-0.3, -0.25) is 0 Å². The van der Waals surface area contributed by atoms with Crippen molar-refractivity contribution >= 4 is 22.9 Å². The second-order valence-electron chi connectivity index (χ2n) is 3.51. The van der Waals surface area contributed by atoms with Crippen LogP contribution in [0.4, 0.5) is 5.69 Å². The molecule has 0 fully saturated rings. The summed E-state index contributed by atoms with van der Waals surface area (Å²) in [4.78, 5) is 0. The zero-order chi connectivity index (χ0) is 13.0. The Bertz CT molecular complexity index is 611. The molecule has 0 atom stereocenters. The standard InChI is InChI=1S/C11H9ClN6/c1-7-4-9(2-3-10(7)12)14-6-8(5-13)11-15-17-18-16-11/h2-4,6,14H,1H3,(H,15,16,17,18). The van der Waals surface area contributed by atoms with Crippen LogP contribution in [0.3, 0.4) is 0 Å². The molecule has 0 aliphatic rings. The number of hydrogen-bond acceptors (Lipinski definition) is 5. The lowest BCUT2D eigenvalue weighted by molar-refractivity contribution is 0.881. The molecule has 1 heterocycles. The summed E-state index contributed by atoms with van der Waals surface area (Å²) in [5.74, 6) is 0.246. The third-order valence-electron chi connectivity index (χ3n) is 2.25. The van der Waals surface area contributed by atoms with E-state index in [1.165, 1.54) is 6.20 Å². The highest BCUT2D eigenvalue weighted by Gasteiger charge is 2.05. The van der Waals surface area contributed by atoms with Crippen LogP contribution in [-0.4, -0.2) is 20.6 Å². The number of tetrazole rings is 1. The number of aromatic amines is 1. The average molecular weight is 261 g/mol. The lowest BCUT2D eigenvalue weighted by Gasteiger charge is -2.03. The number of H-pyrrole nitrogens is 1. The highest BCUT2D eigenvalue weighted by Crippen LogP contribution is 2.19. The van der Waals surface area contributed by atoms with Crippen LogP contribution in [0.2, 0.25) is 5.02 Å². The third kappa shape index (κ3) is 2.64. The molecule has 0 spiro atoms. The molecule has 18 heavy (non-hydrogen) atoms. The van der Waals surface area contributed by atoms with Crippen molar-refractivity contribution < 1.29 is 0 Å². The van der Waals surface area contributed by atoms with Gasteiger partial charge in [-0.15, -0.1) is 10.2 Å². The number of hydrogen-bond donors (Lipinski definition) is 2. The van der Waals surface area contributed by atoms with Crippen LogP contribution in [0.25, 0.3) is 5.57 Å². The van der Waals surface area contributed by atoms with Gasteiger partial charge in [-0.1, -0.05) is 11.6 Å². The van der Waals surface area contributed by atoms with Gasteiger partial charge in [0.05, 0.1) is 0 Å². The highest BCUT2D eigenvalue weighted by molar-refractivity contribution is 6.31. The molecular formula is C11H9ClN6. The molecule has 90 valence electrons. The number of allylic oxidation sites excluding steroid dienone is 1. The lowest BCUT2D eigenvalue weighted by Crippen LogP contribution is -1.93. The quantitative estimate of drug-likeness (QED) is 0.825. The number of nitrogens with one attached hydrogen (secondary N) is 2. The minimum atomic E-state index is 0.246. The molecule has 0 amide bonds. The number of anilines is 1. The first kappa shape index (κ1) is 12.1. The van der Waals surface area contributed by atoms with Crippen molar-refractivity contribution in [2.24, 2.45) is 0 Å². The van der Waals surface area contributed by atoms with Gasteiger partial charge in [0.2, 0.25) is 5.82 Å².